The van der Waals surface area contributed by atoms with Crippen LogP contribution in [0.2, 0.25) is 5.02 Å². The molecule has 0 aromatic heterocycles. The molecule has 1 amide bonds. The second kappa shape index (κ2) is 7.87. The molecule has 1 aromatic rings. The number of halogens is 1. The van der Waals surface area contributed by atoms with E-state index in [1.807, 2.05) is 19.9 Å². The van der Waals surface area contributed by atoms with Crippen LogP contribution in [0.4, 0.5) is 5.69 Å². The summed E-state index contributed by atoms with van der Waals surface area (Å²) in [5.74, 6) is 0.0719. The van der Waals surface area contributed by atoms with Crippen LogP contribution < -0.4 is 10.2 Å². The number of methoxy groups -OCH3 is 1. The molecule has 2 rings (SSSR count). The maximum Gasteiger partial charge on any atom is 0.226 e. The molecule has 1 aromatic carbocycles. The van der Waals surface area contributed by atoms with Crippen LogP contribution in [0.15, 0.2) is 18.2 Å². The Kier molecular flexibility index (Phi) is 6.09. The van der Waals surface area contributed by atoms with Gasteiger partial charge in [-0.1, -0.05) is 18.5 Å². The summed E-state index contributed by atoms with van der Waals surface area (Å²) < 4.78 is 5.17. The minimum absolute atomic E-state index is 0.00453. The van der Waals surface area contributed by atoms with Crippen molar-refractivity contribution in [2.24, 2.45) is 5.41 Å². The number of hydrogen-bond donors (Lipinski definition) is 1. The zero-order valence-electron chi connectivity index (χ0n) is 14.4. The molecule has 0 bridgehead atoms. The maximum atomic E-state index is 12.5. The van der Waals surface area contributed by atoms with Gasteiger partial charge in [0.2, 0.25) is 5.91 Å². The molecule has 0 saturated carbocycles. The van der Waals surface area contributed by atoms with Crippen molar-refractivity contribution in [3.05, 3.63) is 28.8 Å². The van der Waals surface area contributed by atoms with Crippen LogP contribution in [0.1, 0.15) is 32.3 Å². The van der Waals surface area contributed by atoms with Gasteiger partial charge in [-0.3, -0.25) is 4.79 Å². The molecule has 6 heteroatoms. The molecule has 0 radical (unpaired) electrons. The largest absolute Gasteiger partial charge is 0.380 e. The van der Waals surface area contributed by atoms with E-state index in [0.717, 1.165) is 31.6 Å². The number of nitriles is 1. The second-order valence-electron chi connectivity index (χ2n) is 6.58. The van der Waals surface area contributed by atoms with Crippen LogP contribution in [0.25, 0.3) is 0 Å². The second-order valence-corrected chi connectivity index (χ2v) is 7.01. The third-order valence-corrected chi connectivity index (χ3v) is 5.02. The first-order chi connectivity index (χ1) is 11.4. The van der Waals surface area contributed by atoms with Crippen molar-refractivity contribution in [3.8, 4) is 6.07 Å². The molecule has 1 aliphatic rings. The Labute approximate surface area is 148 Å². The topological polar surface area (TPSA) is 65.4 Å². The van der Waals surface area contributed by atoms with Crippen LogP contribution >= 0.6 is 11.6 Å². The van der Waals surface area contributed by atoms with Crippen molar-refractivity contribution in [1.82, 2.24) is 5.32 Å². The molecule has 1 aliphatic heterocycles. The summed E-state index contributed by atoms with van der Waals surface area (Å²) in [5.41, 5.74) is 1.07. The minimum atomic E-state index is -0.386. The highest BCUT2D eigenvalue weighted by molar-refractivity contribution is 6.30. The number of carbonyl (C=O) groups is 1. The van der Waals surface area contributed by atoms with Gasteiger partial charge in [0.05, 0.1) is 17.4 Å². The fraction of sp³-hybridized carbons (Fsp3) is 0.556. The zero-order chi connectivity index (χ0) is 17.7. The van der Waals surface area contributed by atoms with E-state index in [-0.39, 0.29) is 17.4 Å². The van der Waals surface area contributed by atoms with Crippen molar-refractivity contribution < 1.29 is 9.53 Å². The van der Waals surface area contributed by atoms with Crippen molar-refractivity contribution >= 4 is 23.2 Å². The fourth-order valence-corrected chi connectivity index (χ4v) is 3.05. The highest BCUT2D eigenvalue weighted by Crippen LogP contribution is 2.34. The molecule has 0 aliphatic carbocycles. The van der Waals surface area contributed by atoms with Gasteiger partial charge in [0.15, 0.2) is 0 Å². The van der Waals surface area contributed by atoms with E-state index in [1.54, 1.807) is 19.2 Å². The van der Waals surface area contributed by atoms with E-state index in [0.29, 0.717) is 17.1 Å². The Hall–Kier alpha value is -1.77. The highest BCUT2D eigenvalue weighted by Gasteiger charge is 2.37. The predicted octanol–water partition coefficient (Wildman–Crippen LogP) is 2.97. The summed E-state index contributed by atoms with van der Waals surface area (Å²) in [6.45, 7) is 5.92. The van der Waals surface area contributed by atoms with Gasteiger partial charge in [-0.25, -0.2) is 0 Å². The van der Waals surface area contributed by atoms with Crippen LogP contribution in [0.5, 0.6) is 0 Å². The Bertz CT molecular complexity index is 634. The van der Waals surface area contributed by atoms with E-state index < -0.39 is 0 Å². The van der Waals surface area contributed by atoms with E-state index in [1.165, 1.54) is 0 Å². The van der Waals surface area contributed by atoms with Crippen LogP contribution in [0, 0.1) is 16.7 Å². The van der Waals surface area contributed by atoms with Gasteiger partial charge in [-0.2, -0.15) is 5.26 Å². The number of hydrogen-bond acceptors (Lipinski definition) is 4. The monoisotopic (exact) mass is 349 g/mol. The summed E-state index contributed by atoms with van der Waals surface area (Å²) in [4.78, 5) is 14.7. The number of benzene rings is 1. The van der Waals surface area contributed by atoms with Gasteiger partial charge in [0, 0.05) is 37.2 Å². The van der Waals surface area contributed by atoms with Crippen LogP contribution in [-0.2, 0) is 9.53 Å². The van der Waals surface area contributed by atoms with Crippen molar-refractivity contribution in [2.75, 3.05) is 31.6 Å². The third-order valence-electron chi connectivity index (χ3n) is 4.79. The van der Waals surface area contributed by atoms with Crippen molar-refractivity contribution in [1.29, 1.82) is 5.26 Å². The van der Waals surface area contributed by atoms with Gasteiger partial charge in [0.25, 0.3) is 0 Å². The number of piperidine rings is 1. The Morgan fingerprint density at radius 3 is 2.75 bits per heavy atom. The Morgan fingerprint density at radius 2 is 2.17 bits per heavy atom. The molecule has 1 N–H and O–H groups in total. The van der Waals surface area contributed by atoms with E-state index >= 15 is 0 Å². The molecule has 1 heterocycles. The smallest absolute Gasteiger partial charge is 0.226 e. The number of rotatable bonds is 5. The number of amides is 1. The van der Waals surface area contributed by atoms with Gasteiger partial charge >= 0.3 is 0 Å². The molecule has 5 nitrogen and oxygen atoms in total. The summed E-state index contributed by atoms with van der Waals surface area (Å²) in [5, 5.41) is 12.8. The minimum Gasteiger partial charge on any atom is -0.380 e. The predicted molar refractivity (Wildman–Crippen MR) is 95.2 cm³/mol. The molecule has 0 spiro atoms. The first kappa shape index (κ1) is 18.6. The molecule has 24 heavy (non-hydrogen) atoms. The number of nitrogens with one attached hydrogen (secondary N) is 1. The van der Waals surface area contributed by atoms with Crippen molar-refractivity contribution in [2.45, 2.75) is 32.8 Å². The van der Waals surface area contributed by atoms with E-state index in [9.17, 15) is 10.1 Å². The van der Waals surface area contributed by atoms with Gasteiger partial charge < -0.3 is 15.0 Å². The molecule has 1 fully saturated rings. The lowest BCUT2D eigenvalue weighted by Gasteiger charge is -2.39. The molecule has 1 saturated heterocycles. The number of carbonyl (C=O) groups excluding carboxylic acids is 1. The lowest BCUT2D eigenvalue weighted by molar-refractivity contribution is -0.131. The SMILES string of the molecule is COC(C)CNC(=O)C1(C)CCN(c2ccc(Cl)cc2C#N)CC1. The average Bonchev–Trinajstić information content (AvgIpc) is 2.60. The number of ether oxygens (including phenoxy) is 1. The summed E-state index contributed by atoms with van der Waals surface area (Å²) in [6.07, 6.45) is 1.49. The first-order valence-electron chi connectivity index (χ1n) is 8.15. The summed E-state index contributed by atoms with van der Waals surface area (Å²) in [6, 6.07) is 7.56. The fourth-order valence-electron chi connectivity index (χ4n) is 2.87. The lowest BCUT2D eigenvalue weighted by Crippen LogP contribution is -2.48. The quantitative estimate of drug-likeness (QED) is 0.887. The average molecular weight is 350 g/mol. The van der Waals surface area contributed by atoms with Gasteiger partial charge in [-0.05, 0) is 38.0 Å². The van der Waals surface area contributed by atoms with Crippen LogP contribution in [0.3, 0.4) is 0 Å². The molecule has 1 unspecified atom stereocenters. The highest BCUT2D eigenvalue weighted by atomic mass is 35.5. The number of nitrogens with zero attached hydrogens (tertiary/aromatic N) is 2. The summed E-state index contributed by atoms with van der Waals surface area (Å²) >= 11 is 5.96. The molecule has 1 atom stereocenters. The van der Waals surface area contributed by atoms with Gasteiger partial charge in [0.1, 0.15) is 6.07 Å². The lowest BCUT2D eigenvalue weighted by atomic mass is 9.79. The maximum absolute atomic E-state index is 12.5. The van der Waals surface area contributed by atoms with Crippen molar-refractivity contribution in [3.63, 3.8) is 0 Å². The van der Waals surface area contributed by atoms with E-state index in [4.69, 9.17) is 16.3 Å². The normalized spacial score (nSPS) is 17.9. The standard InChI is InChI=1S/C18H24ClN3O2/c1-13(24-3)12-21-17(23)18(2)6-8-22(9-7-18)16-5-4-15(19)10-14(16)11-20/h4-5,10,13H,6-9,12H2,1-3H3,(H,21,23). The zero-order valence-corrected chi connectivity index (χ0v) is 15.2. The van der Waals surface area contributed by atoms with E-state index in [2.05, 4.69) is 16.3 Å². The third kappa shape index (κ3) is 4.19. The number of anilines is 1. The molecular formula is C18H24ClN3O2. The summed E-state index contributed by atoms with van der Waals surface area (Å²) in [7, 11) is 1.63. The molecular weight excluding hydrogens is 326 g/mol. The van der Waals surface area contributed by atoms with Crippen LogP contribution in [-0.4, -0.2) is 38.8 Å². The Balaban J connectivity index is 2.00. The molecule has 130 valence electrons. The first-order valence-corrected chi connectivity index (χ1v) is 8.53. The van der Waals surface area contributed by atoms with Gasteiger partial charge in [-0.15, -0.1) is 0 Å². The Morgan fingerprint density at radius 1 is 1.50 bits per heavy atom.